The number of ether oxygens (including phenoxy) is 2. The quantitative estimate of drug-likeness (QED) is 0.114. The van der Waals surface area contributed by atoms with Crippen LogP contribution in [0, 0.1) is 0 Å². The number of halogens is 3. The van der Waals surface area contributed by atoms with Crippen molar-refractivity contribution in [2.75, 3.05) is 25.5 Å². The van der Waals surface area contributed by atoms with Crippen molar-refractivity contribution in [3.8, 4) is 16.9 Å². The van der Waals surface area contributed by atoms with Crippen LogP contribution in [0.15, 0.2) is 78.9 Å². The summed E-state index contributed by atoms with van der Waals surface area (Å²) in [5.41, 5.74) is 2.64. The molecule has 0 fully saturated rings. The molecule has 0 heterocycles. The van der Waals surface area contributed by atoms with Crippen molar-refractivity contribution in [3.63, 3.8) is 0 Å². The fourth-order valence-corrected chi connectivity index (χ4v) is 4.14. The van der Waals surface area contributed by atoms with Gasteiger partial charge in [0.05, 0.1) is 26.1 Å². The van der Waals surface area contributed by atoms with Gasteiger partial charge in [-0.3, -0.25) is 14.4 Å². The SMILES string of the molecule is COc1ccc(NC(=O)NCCCCC(=O)NCC(=O)NC(CC(=O)OC(=O)C(F)(F)F)c2ccc(-c3ccccc3)cc2)cc1. The van der Waals surface area contributed by atoms with Crippen LogP contribution in [0.2, 0.25) is 0 Å². The molecule has 4 N–H and O–H groups in total. The van der Waals surface area contributed by atoms with E-state index in [1.807, 2.05) is 30.3 Å². The zero-order valence-electron chi connectivity index (χ0n) is 24.8. The van der Waals surface area contributed by atoms with Crippen LogP contribution in [-0.2, 0) is 23.9 Å². The highest BCUT2D eigenvalue weighted by Crippen LogP contribution is 2.25. The second-order valence-electron chi connectivity index (χ2n) is 9.91. The number of rotatable bonds is 14. The Balaban J connectivity index is 1.46. The number of hydrogen-bond donors (Lipinski definition) is 4. The predicted molar refractivity (Wildman–Crippen MR) is 161 cm³/mol. The van der Waals surface area contributed by atoms with E-state index in [0.29, 0.717) is 36.4 Å². The molecule has 1 unspecified atom stereocenters. The topological polar surface area (TPSA) is 152 Å². The van der Waals surface area contributed by atoms with E-state index in [0.717, 1.165) is 11.1 Å². The summed E-state index contributed by atoms with van der Waals surface area (Å²) in [5.74, 6) is -4.68. The van der Waals surface area contributed by atoms with Crippen molar-refractivity contribution < 1.29 is 46.6 Å². The Hall–Kier alpha value is -5.40. The molecular weight excluding hydrogens is 609 g/mol. The molecule has 0 aliphatic carbocycles. The number of methoxy groups -OCH3 is 1. The van der Waals surface area contributed by atoms with Crippen LogP contribution >= 0.6 is 0 Å². The Kier molecular flexibility index (Phi) is 13.1. The molecule has 0 bridgehead atoms. The minimum absolute atomic E-state index is 0.0608. The first-order chi connectivity index (χ1) is 21.9. The molecule has 3 aromatic carbocycles. The van der Waals surface area contributed by atoms with Crippen LogP contribution in [0.1, 0.15) is 37.3 Å². The summed E-state index contributed by atoms with van der Waals surface area (Å²) in [5, 5.41) is 10.3. The summed E-state index contributed by atoms with van der Waals surface area (Å²) in [6, 6.07) is 21.0. The summed E-state index contributed by atoms with van der Waals surface area (Å²) >= 11 is 0. The lowest BCUT2D eigenvalue weighted by atomic mass is 9.99. The highest BCUT2D eigenvalue weighted by Gasteiger charge is 2.42. The van der Waals surface area contributed by atoms with Gasteiger partial charge in [0, 0.05) is 18.7 Å². The highest BCUT2D eigenvalue weighted by molar-refractivity contribution is 5.90. The number of amides is 4. The fraction of sp³-hybridized carbons (Fsp3) is 0.281. The lowest BCUT2D eigenvalue weighted by Crippen LogP contribution is -2.39. The number of carbonyl (C=O) groups is 5. The van der Waals surface area contributed by atoms with Crippen molar-refractivity contribution in [1.29, 1.82) is 0 Å². The van der Waals surface area contributed by atoms with Crippen molar-refractivity contribution in [2.24, 2.45) is 0 Å². The number of carbonyl (C=O) groups excluding carboxylic acids is 5. The van der Waals surface area contributed by atoms with Gasteiger partial charge in [0.2, 0.25) is 11.8 Å². The Labute approximate surface area is 262 Å². The second-order valence-corrected chi connectivity index (χ2v) is 9.91. The number of nitrogens with one attached hydrogen (secondary N) is 4. The van der Waals surface area contributed by atoms with Gasteiger partial charge in [-0.15, -0.1) is 0 Å². The summed E-state index contributed by atoms with van der Waals surface area (Å²) in [4.78, 5) is 60.1. The van der Waals surface area contributed by atoms with Crippen LogP contribution in [0.5, 0.6) is 5.75 Å². The summed E-state index contributed by atoms with van der Waals surface area (Å²) < 4.78 is 46.7. The van der Waals surface area contributed by atoms with Gasteiger partial charge in [-0.05, 0) is 53.8 Å². The molecule has 0 spiro atoms. The zero-order valence-corrected chi connectivity index (χ0v) is 24.8. The monoisotopic (exact) mass is 642 g/mol. The number of urea groups is 1. The average Bonchev–Trinajstić information content (AvgIpc) is 3.03. The molecule has 0 aliphatic rings. The fourth-order valence-electron chi connectivity index (χ4n) is 4.14. The Morgan fingerprint density at radius 1 is 0.783 bits per heavy atom. The standard InChI is InChI=1S/C32H33F3N4O7/c1-45-25-16-14-24(15-17-25)38-31(44)36-18-6-5-9-27(40)37-20-28(41)39-26(19-29(42)46-30(43)32(33,34)35)23-12-10-22(11-13-23)21-7-3-2-4-8-21/h2-4,7-8,10-17,26H,5-6,9,18-20H2,1H3,(H,37,40)(H,39,41)(H2,36,38,44). The van der Waals surface area contributed by atoms with Gasteiger partial charge in [-0.25, -0.2) is 9.59 Å². The molecule has 1 atom stereocenters. The minimum Gasteiger partial charge on any atom is -0.497 e. The van der Waals surface area contributed by atoms with E-state index in [4.69, 9.17) is 4.74 Å². The molecular formula is C32H33F3N4O7. The Bertz CT molecular complexity index is 1480. The van der Waals surface area contributed by atoms with Gasteiger partial charge >= 0.3 is 24.1 Å². The molecule has 46 heavy (non-hydrogen) atoms. The third-order valence-corrected chi connectivity index (χ3v) is 6.47. The zero-order chi connectivity index (χ0) is 33.5. The normalized spacial score (nSPS) is 11.5. The van der Waals surface area contributed by atoms with Crippen molar-refractivity contribution in [2.45, 2.75) is 37.9 Å². The van der Waals surface area contributed by atoms with E-state index < -0.39 is 55.0 Å². The van der Waals surface area contributed by atoms with Gasteiger partial charge in [0.25, 0.3) is 0 Å². The summed E-state index contributed by atoms with van der Waals surface area (Å²) in [6.07, 6.45) is -5.19. The third kappa shape index (κ3) is 11.9. The van der Waals surface area contributed by atoms with E-state index in [1.165, 1.54) is 7.11 Å². The van der Waals surface area contributed by atoms with Gasteiger partial charge in [-0.1, -0.05) is 54.6 Å². The molecule has 0 saturated heterocycles. The molecule has 0 aromatic heterocycles. The number of anilines is 1. The van der Waals surface area contributed by atoms with Crippen LogP contribution < -0.4 is 26.0 Å². The summed E-state index contributed by atoms with van der Waals surface area (Å²) in [6.45, 7) is -0.177. The molecule has 3 rings (SSSR count). The number of esters is 2. The highest BCUT2D eigenvalue weighted by atomic mass is 19.4. The van der Waals surface area contributed by atoms with Crippen LogP contribution in [0.4, 0.5) is 23.7 Å². The van der Waals surface area contributed by atoms with Crippen LogP contribution in [0.25, 0.3) is 11.1 Å². The van der Waals surface area contributed by atoms with Gasteiger partial charge < -0.3 is 30.7 Å². The Morgan fingerprint density at radius 2 is 1.43 bits per heavy atom. The van der Waals surface area contributed by atoms with Gasteiger partial charge in [0.1, 0.15) is 5.75 Å². The summed E-state index contributed by atoms with van der Waals surface area (Å²) in [7, 11) is 1.53. The van der Waals surface area contributed by atoms with E-state index in [1.54, 1.807) is 48.5 Å². The van der Waals surface area contributed by atoms with Gasteiger partial charge in [-0.2, -0.15) is 13.2 Å². The van der Waals surface area contributed by atoms with Crippen molar-refractivity contribution >= 4 is 35.5 Å². The van der Waals surface area contributed by atoms with Gasteiger partial charge in [0.15, 0.2) is 0 Å². The molecule has 0 saturated carbocycles. The van der Waals surface area contributed by atoms with Crippen molar-refractivity contribution in [3.05, 3.63) is 84.4 Å². The minimum atomic E-state index is -5.37. The first-order valence-corrected chi connectivity index (χ1v) is 14.2. The van der Waals surface area contributed by atoms with E-state index in [2.05, 4.69) is 26.0 Å². The maximum absolute atomic E-state index is 12.6. The molecule has 11 nitrogen and oxygen atoms in total. The smallest absolute Gasteiger partial charge is 0.491 e. The second kappa shape index (κ2) is 17.2. The third-order valence-electron chi connectivity index (χ3n) is 6.47. The molecule has 0 radical (unpaired) electrons. The molecule has 4 amide bonds. The van der Waals surface area contributed by atoms with E-state index >= 15 is 0 Å². The number of alkyl halides is 3. The maximum atomic E-state index is 12.6. The first-order valence-electron chi connectivity index (χ1n) is 14.2. The average molecular weight is 643 g/mol. The molecule has 244 valence electrons. The van der Waals surface area contributed by atoms with E-state index in [-0.39, 0.29) is 6.42 Å². The number of benzene rings is 3. The van der Waals surface area contributed by atoms with Crippen LogP contribution in [-0.4, -0.2) is 56.2 Å². The lowest BCUT2D eigenvalue weighted by Gasteiger charge is -2.19. The Morgan fingerprint density at radius 3 is 2.07 bits per heavy atom. The number of hydrogen-bond acceptors (Lipinski definition) is 7. The molecule has 3 aromatic rings. The number of unbranched alkanes of at least 4 members (excludes halogenated alkanes) is 1. The molecule has 14 heteroatoms. The first kappa shape index (κ1) is 35.1. The maximum Gasteiger partial charge on any atom is 0.491 e. The molecule has 0 aliphatic heterocycles. The predicted octanol–water partition coefficient (Wildman–Crippen LogP) is 4.65. The van der Waals surface area contributed by atoms with Crippen LogP contribution in [0.3, 0.4) is 0 Å². The van der Waals surface area contributed by atoms with Crippen molar-refractivity contribution in [1.82, 2.24) is 16.0 Å². The lowest BCUT2D eigenvalue weighted by molar-refractivity contribution is -0.202. The van der Waals surface area contributed by atoms with E-state index in [9.17, 15) is 37.1 Å². The largest absolute Gasteiger partial charge is 0.497 e.